The van der Waals surface area contributed by atoms with Gasteiger partial charge < -0.3 is 14.2 Å². The Kier molecular flexibility index (Phi) is 66.7. The Morgan fingerprint density at radius 2 is 0.470 bits per heavy atom. The minimum atomic E-state index is -0.795. The summed E-state index contributed by atoms with van der Waals surface area (Å²) in [6.45, 7) is 6.43. The van der Waals surface area contributed by atoms with E-state index in [2.05, 4.69) is 142 Å². The van der Waals surface area contributed by atoms with E-state index in [4.69, 9.17) is 14.2 Å². The minimum absolute atomic E-state index is 0.0902. The molecule has 6 nitrogen and oxygen atoms in total. The minimum Gasteiger partial charge on any atom is -0.462 e. The molecule has 0 bridgehead atoms. The standard InChI is InChI=1S/C77H130O6/c1-4-7-10-13-16-19-22-25-28-31-34-36-38-40-43-46-49-52-55-58-61-64-67-70-76(79)82-73-74(72-81-75(78)69-66-63-60-57-54-51-48-45-42-33-30-27-24-21-18-15-12-9-6-3)83-77(80)71-68-65-62-59-56-53-50-47-44-41-39-37-35-32-29-26-23-20-17-14-11-8-5-2/h7,9-10,12,16,18-19,21,25,27-28,30,32,34-36,40,42-43,45,74H,4-6,8,11,13-15,17,20,22-24,26,29,31,33,37-39,41,44,46-73H2,1-3H3/b10-7-,12-9-,19-16-,21-18-,28-25-,30-27-,35-32-,36-34-,43-40-,45-42-. The summed E-state index contributed by atoms with van der Waals surface area (Å²) in [4.78, 5) is 38.5. The highest BCUT2D eigenvalue weighted by molar-refractivity contribution is 5.71. The normalized spacial score (nSPS) is 12.9. The van der Waals surface area contributed by atoms with Crippen LogP contribution in [0, 0.1) is 0 Å². The van der Waals surface area contributed by atoms with Crippen molar-refractivity contribution in [3.05, 3.63) is 122 Å². The fraction of sp³-hybridized carbons (Fsp3) is 0.701. The zero-order chi connectivity index (χ0) is 59.9. The number of esters is 3. The third-order valence-electron chi connectivity index (χ3n) is 14.9. The van der Waals surface area contributed by atoms with Crippen molar-refractivity contribution in [1.82, 2.24) is 0 Å². The van der Waals surface area contributed by atoms with Crippen molar-refractivity contribution < 1.29 is 28.6 Å². The highest BCUT2D eigenvalue weighted by Crippen LogP contribution is 2.16. The molecule has 0 spiro atoms. The third kappa shape index (κ3) is 68.5. The molecule has 0 aliphatic carbocycles. The van der Waals surface area contributed by atoms with E-state index >= 15 is 0 Å². The highest BCUT2D eigenvalue weighted by Gasteiger charge is 2.19. The molecule has 0 N–H and O–H groups in total. The highest BCUT2D eigenvalue weighted by atomic mass is 16.6. The molecule has 0 aliphatic rings. The Morgan fingerprint density at radius 1 is 0.253 bits per heavy atom. The van der Waals surface area contributed by atoms with Crippen LogP contribution in [-0.4, -0.2) is 37.2 Å². The van der Waals surface area contributed by atoms with Gasteiger partial charge in [0.1, 0.15) is 13.2 Å². The van der Waals surface area contributed by atoms with Crippen LogP contribution in [0.1, 0.15) is 329 Å². The molecule has 83 heavy (non-hydrogen) atoms. The van der Waals surface area contributed by atoms with Gasteiger partial charge >= 0.3 is 17.9 Å². The van der Waals surface area contributed by atoms with E-state index in [9.17, 15) is 14.4 Å². The van der Waals surface area contributed by atoms with Crippen molar-refractivity contribution in [1.29, 1.82) is 0 Å². The molecule has 0 aromatic heterocycles. The van der Waals surface area contributed by atoms with E-state index < -0.39 is 6.10 Å². The predicted octanol–water partition coefficient (Wildman–Crippen LogP) is 24.3. The number of unbranched alkanes of at least 4 members (excludes halogenated alkanes) is 32. The summed E-state index contributed by atoms with van der Waals surface area (Å²) in [6.07, 6.45) is 97.8. The van der Waals surface area contributed by atoms with Crippen molar-refractivity contribution in [2.75, 3.05) is 13.2 Å². The summed E-state index contributed by atoms with van der Waals surface area (Å²) in [6, 6.07) is 0. The maximum atomic E-state index is 13.0. The molecule has 0 radical (unpaired) electrons. The van der Waals surface area contributed by atoms with Crippen molar-refractivity contribution in [2.45, 2.75) is 335 Å². The van der Waals surface area contributed by atoms with Crippen LogP contribution in [0.4, 0.5) is 0 Å². The Labute approximate surface area is 513 Å². The van der Waals surface area contributed by atoms with Gasteiger partial charge in [0, 0.05) is 19.3 Å². The van der Waals surface area contributed by atoms with Crippen molar-refractivity contribution in [3.63, 3.8) is 0 Å². The quantitative estimate of drug-likeness (QED) is 0.0261. The largest absolute Gasteiger partial charge is 0.462 e. The summed E-state index contributed by atoms with van der Waals surface area (Å²) in [5.74, 6) is -0.904. The van der Waals surface area contributed by atoms with Gasteiger partial charge in [-0.1, -0.05) is 303 Å². The Balaban J connectivity index is 4.43. The topological polar surface area (TPSA) is 78.9 Å². The second-order valence-corrected chi connectivity index (χ2v) is 23.0. The summed E-state index contributed by atoms with van der Waals surface area (Å²) in [5.41, 5.74) is 0. The van der Waals surface area contributed by atoms with Gasteiger partial charge in [-0.25, -0.2) is 0 Å². The van der Waals surface area contributed by atoms with Crippen LogP contribution in [0.5, 0.6) is 0 Å². The molecule has 0 aromatic rings. The van der Waals surface area contributed by atoms with E-state index in [0.29, 0.717) is 19.3 Å². The summed E-state index contributed by atoms with van der Waals surface area (Å²) in [5, 5.41) is 0. The van der Waals surface area contributed by atoms with Crippen molar-refractivity contribution >= 4 is 17.9 Å². The molecule has 0 rings (SSSR count). The average molecular weight is 1150 g/mol. The molecule has 0 amide bonds. The first-order valence-corrected chi connectivity index (χ1v) is 35.0. The van der Waals surface area contributed by atoms with Crippen molar-refractivity contribution in [3.8, 4) is 0 Å². The second-order valence-electron chi connectivity index (χ2n) is 23.0. The van der Waals surface area contributed by atoms with Gasteiger partial charge in [-0.2, -0.15) is 0 Å². The van der Waals surface area contributed by atoms with Gasteiger partial charge in [-0.3, -0.25) is 14.4 Å². The van der Waals surface area contributed by atoms with Gasteiger partial charge in [0.2, 0.25) is 0 Å². The zero-order valence-corrected chi connectivity index (χ0v) is 54.4. The molecule has 474 valence electrons. The first-order chi connectivity index (χ1) is 41.0. The Morgan fingerprint density at radius 3 is 0.747 bits per heavy atom. The van der Waals surface area contributed by atoms with Gasteiger partial charge in [-0.05, 0) is 128 Å². The first kappa shape index (κ1) is 78.8. The first-order valence-electron chi connectivity index (χ1n) is 35.0. The lowest BCUT2D eigenvalue weighted by Gasteiger charge is -2.18. The van der Waals surface area contributed by atoms with Crippen LogP contribution in [0.3, 0.4) is 0 Å². The number of hydrogen-bond acceptors (Lipinski definition) is 6. The lowest BCUT2D eigenvalue weighted by atomic mass is 10.0. The lowest BCUT2D eigenvalue weighted by Crippen LogP contribution is -2.30. The molecule has 0 fully saturated rings. The van der Waals surface area contributed by atoms with E-state index in [-0.39, 0.29) is 31.1 Å². The number of allylic oxidation sites excluding steroid dienone is 20. The van der Waals surface area contributed by atoms with Crippen LogP contribution in [0.15, 0.2) is 122 Å². The van der Waals surface area contributed by atoms with Gasteiger partial charge in [0.25, 0.3) is 0 Å². The molecule has 1 atom stereocenters. The Hall–Kier alpha value is -4.19. The molecule has 0 heterocycles. The summed E-state index contributed by atoms with van der Waals surface area (Å²) in [7, 11) is 0. The molecule has 6 heteroatoms. The molecule has 0 saturated carbocycles. The van der Waals surface area contributed by atoms with E-state index in [0.717, 1.165) is 135 Å². The molecule has 0 aliphatic heterocycles. The SMILES string of the molecule is CC/C=C\C/C=C\C/C=C\C/C=C\C/C=C\CCCCCCCCCC(=O)OCC(COC(=O)CCCCCCCC/C=C\C/C=C\C/C=C\C/C=C\CC)OC(=O)CCCCCCCCCCCCC/C=C\CCCCCCCCCC. The fourth-order valence-electron chi connectivity index (χ4n) is 9.75. The number of carbonyl (C=O) groups is 3. The zero-order valence-electron chi connectivity index (χ0n) is 54.4. The molecule has 0 aromatic carbocycles. The van der Waals surface area contributed by atoms with E-state index in [1.54, 1.807) is 0 Å². The van der Waals surface area contributed by atoms with E-state index in [1.165, 1.54) is 154 Å². The predicted molar refractivity (Wildman–Crippen MR) is 362 cm³/mol. The summed E-state index contributed by atoms with van der Waals surface area (Å²) >= 11 is 0. The van der Waals surface area contributed by atoms with Crippen LogP contribution in [0.25, 0.3) is 0 Å². The van der Waals surface area contributed by atoms with Crippen LogP contribution in [0.2, 0.25) is 0 Å². The number of hydrogen-bond donors (Lipinski definition) is 0. The van der Waals surface area contributed by atoms with Crippen LogP contribution >= 0.6 is 0 Å². The molecular weight excluding hydrogens is 1020 g/mol. The Bertz CT molecular complexity index is 1700. The van der Waals surface area contributed by atoms with Gasteiger partial charge in [0.05, 0.1) is 0 Å². The van der Waals surface area contributed by atoms with Gasteiger partial charge in [-0.15, -0.1) is 0 Å². The van der Waals surface area contributed by atoms with Crippen molar-refractivity contribution in [2.24, 2.45) is 0 Å². The van der Waals surface area contributed by atoms with Gasteiger partial charge in [0.15, 0.2) is 6.10 Å². The number of carbonyl (C=O) groups excluding carboxylic acids is 3. The second kappa shape index (κ2) is 70.3. The fourth-order valence-corrected chi connectivity index (χ4v) is 9.75. The molecule has 1 unspecified atom stereocenters. The number of rotatable bonds is 63. The maximum Gasteiger partial charge on any atom is 0.306 e. The van der Waals surface area contributed by atoms with Crippen LogP contribution < -0.4 is 0 Å². The lowest BCUT2D eigenvalue weighted by molar-refractivity contribution is -0.167. The average Bonchev–Trinajstić information content (AvgIpc) is 3.49. The third-order valence-corrected chi connectivity index (χ3v) is 14.9. The summed E-state index contributed by atoms with van der Waals surface area (Å²) < 4.78 is 17.0. The number of ether oxygens (including phenoxy) is 3. The smallest absolute Gasteiger partial charge is 0.306 e. The molecular formula is C77H130O6. The molecule has 0 saturated heterocycles. The van der Waals surface area contributed by atoms with Crippen LogP contribution in [-0.2, 0) is 28.6 Å². The van der Waals surface area contributed by atoms with E-state index in [1.807, 2.05) is 0 Å². The monoisotopic (exact) mass is 1150 g/mol. The maximum absolute atomic E-state index is 13.0.